The maximum absolute atomic E-state index is 6.02. The first-order valence-corrected chi connectivity index (χ1v) is 7.60. The average molecular weight is 275 g/mol. The van der Waals surface area contributed by atoms with Crippen LogP contribution in [0.5, 0.6) is 0 Å². The zero-order valence-electron chi connectivity index (χ0n) is 11.5. The zero-order chi connectivity index (χ0) is 13.7. The quantitative estimate of drug-likeness (QED) is 0.822. The van der Waals surface area contributed by atoms with Crippen molar-refractivity contribution in [3.8, 4) is 11.1 Å². The summed E-state index contributed by atoms with van der Waals surface area (Å²) in [5, 5.41) is 4.68. The lowest BCUT2D eigenvalue weighted by atomic mass is 10.1. The highest BCUT2D eigenvalue weighted by atomic mass is 32.1. The fraction of sp³-hybridized carbons (Fsp3) is 0.400. The Labute approximate surface area is 119 Å². The average Bonchev–Trinajstić information content (AvgIpc) is 2.80. The molecule has 0 aliphatic rings. The van der Waals surface area contributed by atoms with Gasteiger partial charge in [-0.05, 0) is 29.9 Å². The summed E-state index contributed by atoms with van der Waals surface area (Å²) < 4.78 is 4.30. The predicted molar refractivity (Wildman–Crippen MR) is 84.6 cm³/mol. The fourth-order valence-corrected chi connectivity index (χ4v) is 3.01. The molecule has 19 heavy (non-hydrogen) atoms. The first-order chi connectivity index (χ1) is 9.26. The Bertz CT molecular complexity index is 507. The van der Waals surface area contributed by atoms with Crippen molar-refractivity contribution in [1.29, 1.82) is 0 Å². The van der Waals surface area contributed by atoms with Crippen LogP contribution in [0.4, 0.5) is 10.8 Å². The Morgan fingerprint density at radius 3 is 2.63 bits per heavy atom. The van der Waals surface area contributed by atoms with Gasteiger partial charge in [-0.1, -0.05) is 50.6 Å². The van der Waals surface area contributed by atoms with Crippen LogP contribution in [0.15, 0.2) is 30.3 Å². The van der Waals surface area contributed by atoms with E-state index in [1.807, 2.05) is 18.2 Å². The molecule has 1 aromatic heterocycles. The van der Waals surface area contributed by atoms with Crippen molar-refractivity contribution in [3.63, 3.8) is 0 Å². The molecule has 102 valence electrons. The van der Waals surface area contributed by atoms with Crippen LogP contribution in [0.1, 0.15) is 33.1 Å². The standard InChI is InChI=1S/C15H21N3S/c1-3-8-12(4-2)17-15-13(14(16)18-19-15)11-9-6-5-7-10-11/h5-7,9-10,12,17H,3-4,8H2,1-2H3,(H2,16,18). The summed E-state index contributed by atoms with van der Waals surface area (Å²) in [7, 11) is 0. The number of aromatic nitrogens is 1. The summed E-state index contributed by atoms with van der Waals surface area (Å²) in [5.74, 6) is 0.616. The number of hydrogen-bond acceptors (Lipinski definition) is 4. The first kappa shape index (κ1) is 13.9. The second kappa shape index (κ2) is 6.57. The van der Waals surface area contributed by atoms with Crippen LogP contribution in [0, 0.1) is 0 Å². The van der Waals surface area contributed by atoms with E-state index in [0.29, 0.717) is 11.9 Å². The summed E-state index contributed by atoms with van der Waals surface area (Å²) >= 11 is 1.45. The molecule has 4 heteroatoms. The van der Waals surface area contributed by atoms with E-state index in [4.69, 9.17) is 5.73 Å². The Balaban J connectivity index is 2.28. The molecule has 0 bridgehead atoms. The number of anilines is 2. The smallest absolute Gasteiger partial charge is 0.147 e. The second-order valence-corrected chi connectivity index (χ2v) is 5.45. The molecule has 0 fully saturated rings. The highest BCUT2D eigenvalue weighted by molar-refractivity contribution is 7.11. The lowest BCUT2D eigenvalue weighted by molar-refractivity contribution is 0.624. The zero-order valence-corrected chi connectivity index (χ0v) is 12.3. The molecule has 3 N–H and O–H groups in total. The van der Waals surface area contributed by atoms with E-state index in [9.17, 15) is 0 Å². The number of nitrogen functional groups attached to an aromatic ring is 1. The van der Waals surface area contributed by atoms with Crippen molar-refractivity contribution in [2.45, 2.75) is 39.2 Å². The van der Waals surface area contributed by atoms with Gasteiger partial charge in [-0.15, -0.1) is 0 Å². The summed E-state index contributed by atoms with van der Waals surface area (Å²) in [6.07, 6.45) is 3.46. The van der Waals surface area contributed by atoms with Gasteiger partial charge in [0, 0.05) is 6.04 Å². The highest BCUT2D eigenvalue weighted by Crippen LogP contribution is 2.37. The molecular formula is C15H21N3S. The van der Waals surface area contributed by atoms with Crippen molar-refractivity contribution in [2.75, 3.05) is 11.1 Å². The number of hydrogen-bond donors (Lipinski definition) is 2. The first-order valence-electron chi connectivity index (χ1n) is 6.83. The van der Waals surface area contributed by atoms with Gasteiger partial charge < -0.3 is 11.1 Å². The Hall–Kier alpha value is -1.55. The normalized spacial score (nSPS) is 12.3. The third kappa shape index (κ3) is 3.26. The summed E-state index contributed by atoms with van der Waals surface area (Å²) in [4.78, 5) is 0. The molecule has 0 amide bonds. The van der Waals surface area contributed by atoms with Gasteiger partial charge in [0.25, 0.3) is 0 Å². The maximum atomic E-state index is 6.02. The number of nitrogens with one attached hydrogen (secondary N) is 1. The lowest BCUT2D eigenvalue weighted by Gasteiger charge is -2.17. The molecule has 2 rings (SSSR count). The van der Waals surface area contributed by atoms with Gasteiger partial charge in [0.05, 0.1) is 5.56 Å². The Morgan fingerprint density at radius 2 is 2.00 bits per heavy atom. The molecule has 1 unspecified atom stereocenters. The van der Waals surface area contributed by atoms with Crippen LogP contribution in [0.3, 0.4) is 0 Å². The van der Waals surface area contributed by atoms with Gasteiger partial charge >= 0.3 is 0 Å². The number of nitrogens with two attached hydrogens (primary N) is 1. The van der Waals surface area contributed by atoms with E-state index in [1.54, 1.807) is 0 Å². The third-order valence-electron chi connectivity index (χ3n) is 3.25. The Morgan fingerprint density at radius 1 is 1.26 bits per heavy atom. The molecule has 3 nitrogen and oxygen atoms in total. The Kier molecular flexibility index (Phi) is 4.80. The van der Waals surface area contributed by atoms with E-state index in [-0.39, 0.29) is 0 Å². The van der Waals surface area contributed by atoms with Crippen LogP contribution >= 0.6 is 11.5 Å². The van der Waals surface area contributed by atoms with Crippen LogP contribution in [0.2, 0.25) is 0 Å². The van der Waals surface area contributed by atoms with E-state index in [1.165, 1.54) is 24.4 Å². The van der Waals surface area contributed by atoms with E-state index in [2.05, 4.69) is 35.7 Å². The van der Waals surface area contributed by atoms with Gasteiger partial charge in [0.1, 0.15) is 10.8 Å². The van der Waals surface area contributed by atoms with Crippen molar-refractivity contribution in [3.05, 3.63) is 30.3 Å². The van der Waals surface area contributed by atoms with Crippen LogP contribution < -0.4 is 11.1 Å². The monoisotopic (exact) mass is 275 g/mol. The molecule has 1 aromatic carbocycles. The summed E-state index contributed by atoms with van der Waals surface area (Å²) in [5.41, 5.74) is 8.19. The lowest BCUT2D eigenvalue weighted by Crippen LogP contribution is -2.17. The molecular weight excluding hydrogens is 254 g/mol. The molecule has 0 saturated carbocycles. The molecule has 1 heterocycles. The van der Waals surface area contributed by atoms with Crippen LogP contribution in [-0.2, 0) is 0 Å². The van der Waals surface area contributed by atoms with Crippen molar-refractivity contribution < 1.29 is 0 Å². The van der Waals surface area contributed by atoms with Gasteiger partial charge in [-0.25, -0.2) is 0 Å². The molecule has 0 radical (unpaired) electrons. The van der Waals surface area contributed by atoms with E-state index in [0.717, 1.165) is 22.5 Å². The van der Waals surface area contributed by atoms with Crippen molar-refractivity contribution >= 4 is 22.4 Å². The SMILES string of the molecule is CCCC(CC)Nc1snc(N)c1-c1ccccc1. The minimum Gasteiger partial charge on any atom is -0.382 e. The minimum absolute atomic E-state index is 0.493. The summed E-state index contributed by atoms with van der Waals surface area (Å²) in [6, 6.07) is 10.7. The number of nitrogens with zero attached hydrogens (tertiary/aromatic N) is 1. The molecule has 0 aliphatic heterocycles. The van der Waals surface area contributed by atoms with Crippen LogP contribution in [-0.4, -0.2) is 10.4 Å². The number of benzene rings is 1. The summed E-state index contributed by atoms with van der Waals surface area (Å²) in [6.45, 7) is 4.42. The van der Waals surface area contributed by atoms with Crippen molar-refractivity contribution in [1.82, 2.24) is 4.37 Å². The third-order valence-corrected chi connectivity index (χ3v) is 4.04. The van der Waals surface area contributed by atoms with Gasteiger partial charge in [0.2, 0.25) is 0 Å². The molecule has 1 atom stereocenters. The van der Waals surface area contributed by atoms with Gasteiger partial charge in [-0.3, -0.25) is 0 Å². The number of rotatable bonds is 6. The largest absolute Gasteiger partial charge is 0.382 e. The van der Waals surface area contributed by atoms with Gasteiger partial charge in [0.15, 0.2) is 0 Å². The van der Waals surface area contributed by atoms with Crippen molar-refractivity contribution in [2.24, 2.45) is 0 Å². The molecule has 0 saturated heterocycles. The fourth-order valence-electron chi connectivity index (χ4n) is 2.20. The maximum Gasteiger partial charge on any atom is 0.147 e. The van der Waals surface area contributed by atoms with Gasteiger partial charge in [-0.2, -0.15) is 4.37 Å². The highest BCUT2D eigenvalue weighted by Gasteiger charge is 2.15. The molecule has 0 spiro atoms. The topological polar surface area (TPSA) is 50.9 Å². The van der Waals surface area contributed by atoms with E-state index < -0.39 is 0 Å². The van der Waals surface area contributed by atoms with E-state index >= 15 is 0 Å². The molecule has 2 aromatic rings. The predicted octanol–water partition coefficient (Wildman–Crippen LogP) is 4.38. The molecule has 0 aliphatic carbocycles. The minimum atomic E-state index is 0.493. The van der Waals surface area contributed by atoms with Crippen LogP contribution in [0.25, 0.3) is 11.1 Å². The second-order valence-electron chi connectivity index (χ2n) is 4.68.